The SMILES string of the molecule is CP(=O)(Oc1nc2ccc(F)cc2c2ccccc12)Oc1nc2ccc(F)cc2c2ccccc12. The molecule has 6 aromatic rings. The zero-order chi connectivity index (χ0) is 24.2. The topological polar surface area (TPSA) is 61.3 Å². The first-order valence-corrected chi connectivity index (χ1v) is 12.8. The highest BCUT2D eigenvalue weighted by atomic mass is 31.2. The molecule has 2 aromatic heterocycles. The van der Waals surface area contributed by atoms with Gasteiger partial charge in [-0.15, -0.1) is 0 Å². The van der Waals surface area contributed by atoms with Gasteiger partial charge in [0, 0.05) is 21.5 Å². The van der Waals surface area contributed by atoms with E-state index in [4.69, 9.17) is 9.05 Å². The lowest BCUT2D eigenvalue weighted by molar-refractivity contribution is 0.387. The second-order valence-corrected chi connectivity index (χ2v) is 10.1. The van der Waals surface area contributed by atoms with Crippen molar-refractivity contribution in [2.75, 3.05) is 6.66 Å². The normalized spacial score (nSPS) is 12.0. The van der Waals surface area contributed by atoms with E-state index in [1.54, 1.807) is 36.4 Å². The van der Waals surface area contributed by atoms with Crippen LogP contribution in [0.4, 0.5) is 8.78 Å². The summed E-state index contributed by atoms with van der Waals surface area (Å²) in [4.78, 5) is 8.98. The van der Waals surface area contributed by atoms with Crippen LogP contribution in [0.3, 0.4) is 0 Å². The summed E-state index contributed by atoms with van der Waals surface area (Å²) < 4.78 is 53.1. The minimum atomic E-state index is -3.79. The minimum absolute atomic E-state index is 0.109. The van der Waals surface area contributed by atoms with Crippen molar-refractivity contribution in [2.24, 2.45) is 0 Å². The van der Waals surface area contributed by atoms with Crippen LogP contribution in [0.2, 0.25) is 0 Å². The molecule has 0 unspecified atom stereocenters. The summed E-state index contributed by atoms with van der Waals surface area (Å²) in [6.45, 7) is 1.34. The molecule has 0 saturated heterocycles. The van der Waals surface area contributed by atoms with Crippen molar-refractivity contribution in [1.29, 1.82) is 0 Å². The summed E-state index contributed by atoms with van der Waals surface area (Å²) in [5, 5.41) is 3.81. The summed E-state index contributed by atoms with van der Waals surface area (Å²) in [6.07, 6.45) is 0. The smallest absolute Gasteiger partial charge is 0.397 e. The van der Waals surface area contributed by atoms with Crippen molar-refractivity contribution >= 4 is 50.9 Å². The van der Waals surface area contributed by atoms with E-state index in [1.807, 2.05) is 24.3 Å². The lowest BCUT2D eigenvalue weighted by Gasteiger charge is -2.18. The van der Waals surface area contributed by atoms with E-state index < -0.39 is 7.60 Å². The molecule has 0 aliphatic carbocycles. The molecule has 0 N–H and O–H groups in total. The third kappa shape index (κ3) is 3.84. The molecule has 8 heteroatoms. The fraction of sp³-hybridized carbons (Fsp3) is 0.0370. The van der Waals surface area contributed by atoms with E-state index in [1.165, 1.54) is 30.9 Å². The second-order valence-electron chi connectivity index (χ2n) is 8.20. The summed E-state index contributed by atoms with van der Waals surface area (Å²) in [6, 6.07) is 22.9. The Bertz CT molecular complexity index is 1710. The van der Waals surface area contributed by atoms with Crippen LogP contribution in [0.15, 0.2) is 84.9 Å². The average Bonchev–Trinajstić information content (AvgIpc) is 2.85. The Hall–Kier alpha value is -4.09. The number of pyridine rings is 2. The molecule has 2 heterocycles. The predicted molar refractivity (Wildman–Crippen MR) is 133 cm³/mol. The van der Waals surface area contributed by atoms with Crippen LogP contribution in [0.5, 0.6) is 11.8 Å². The Balaban J connectivity index is 1.46. The van der Waals surface area contributed by atoms with Gasteiger partial charge >= 0.3 is 7.60 Å². The first-order chi connectivity index (χ1) is 16.9. The molecule has 6 rings (SSSR count). The van der Waals surface area contributed by atoms with Crippen LogP contribution in [0.1, 0.15) is 0 Å². The van der Waals surface area contributed by atoms with Gasteiger partial charge in [-0.05, 0) is 59.3 Å². The van der Waals surface area contributed by atoms with Crippen molar-refractivity contribution in [3.05, 3.63) is 96.6 Å². The van der Waals surface area contributed by atoms with E-state index in [9.17, 15) is 13.3 Å². The van der Waals surface area contributed by atoms with Gasteiger partial charge in [-0.1, -0.05) is 36.4 Å². The molecule has 0 bridgehead atoms. The Labute approximate surface area is 198 Å². The fourth-order valence-corrected chi connectivity index (χ4v) is 5.21. The number of fused-ring (bicyclic) bond motifs is 6. The van der Waals surface area contributed by atoms with Gasteiger partial charge in [-0.2, -0.15) is 0 Å². The molecule has 0 fully saturated rings. The largest absolute Gasteiger partial charge is 0.430 e. The van der Waals surface area contributed by atoms with Gasteiger partial charge in [0.15, 0.2) is 0 Å². The zero-order valence-electron chi connectivity index (χ0n) is 18.4. The Kier molecular flexibility index (Phi) is 4.90. The highest BCUT2D eigenvalue weighted by Crippen LogP contribution is 2.48. The molecule has 4 aromatic carbocycles. The van der Waals surface area contributed by atoms with Crippen molar-refractivity contribution in [3.8, 4) is 11.8 Å². The van der Waals surface area contributed by atoms with Crippen molar-refractivity contribution in [3.63, 3.8) is 0 Å². The molecule has 5 nitrogen and oxygen atoms in total. The van der Waals surface area contributed by atoms with Crippen LogP contribution < -0.4 is 9.05 Å². The number of hydrogen-bond donors (Lipinski definition) is 0. The highest BCUT2D eigenvalue weighted by molar-refractivity contribution is 7.53. The van der Waals surface area contributed by atoms with Crippen molar-refractivity contribution in [2.45, 2.75) is 0 Å². The number of aromatic nitrogens is 2. The zero-order valence-corrected chi connectivity index (χ0v) is 19.3. The maximum atomic E-state index is 13.9. The molecular weight excluding hydrogens is 469 g/mol. The number of benzene rings is 4. The third-order valence-corrected chi connectivity index (χ3v) is 6.77. The molecule has 0 spiro atoms. The molecule has 0 atom stereocenters. The van der Waals surface area contributed by atoms with Gasteiger partial charge < -0.3 is 9.05 Å². The standard InChI is InChI=1S/C27H17F2N2O3P/c1-35(32,33-26-20-8-4-2-6-18(20)22-14-16(28)10-12-24(22)30-26)34-27-21-9-5-3-7-19(21)23-15-17(29)11-13-25(23)31-27/h2-15H,1H3. The quantitative estimate of drug-likeness (QED) is 0.189. The molecule has 172 valence electrons. The number of rotatable bonds is 4. The van der Waals surface area contributed by atoms with Crippen LogP contribution in [-0.2, 0) is 4.57 Å². The molecular formula is C27H17F2N2O3P. The first kappa shape index (κ1) is 21.4. The van der Waals surface area contributed by atoms with E-state index in [0.29, 0.717) is 43.4 Å². The molecule has 35 heavy (non-hydrogen) atoms. The number of nitrogens with zero attached hydrogens (tertiary/aromatic N) is 2. The summed E-state index contributed by atoms with van der Waals surface area (Å²) in [5.74, 6) is -0.538. The highest BCUT2D eigenvalue weighted by Gasteiger charge is 2.26. The van der Waals surface area contributed by atoms with Crippen molar-refractivity contribution < 1.29 is 22.4 Å². The van der Waals surface area contributed by atoms with Gasteiger partial charge in [0.1, 0.15) is 11.6 Å². The lowest BCUT2D eigenvalue weighted by atomic mass is 10.1. The third-order valence-electron chi connectivity index (χ3n) is 5.76. The van der Waals surface area contributed by atoms with E-state index in [-0.39, 0.29) is 23.4 Å². The summed E-state index contributed by atoms with van der Waals surface area (Å²) >= 11 is 0. The number of hydrogen-bond acceptors (Lipinski definition) is 5. The average molecular weight is 486 g/mol. The second kappa shape index (κ2) is 8.00. The van der Waals surface area contributed by atoms with Gasteiger partial charge in [-0.3, -0.25) is 0 Å². The lowest BCUT2D eigenvalue weighted by Crippen LogP contribution is -2.03. The summed E-state index contributed by atoms with van der Waals surface area (Å²) in [7, 11) is -3.79. The van der Waals surface area contributed by atoms with E-state index >= 15 is 0 Å². The fourth-order valence-electron chi connectivity index (χ4n) is 4.26. The Morgan fingerprint density at radius 3 is 1.43 bits per heavy atom. The Morgan fingerprint density at radius 2 is 1.00 bits per heavy atom. The van der Waals surface area contributed by atoms with Crippen LogP contribution in [0, 0.1) is 11.6 Å². The van der Waals surface area contributed by atoms with Crippen LogP contribution >= 0.6 is 7.60 Å². The monoisotopic (exact) mass is 486 g/mol. The minimum Gasteiger partial charge on any atom is -0.397 e. The van der Waals surface area contributed by atoms with Gasteiger partial charge in [0.25, 0.3) is 0 Å². The number of halogens is 2. The van der Waals surface area contributed by atoms with E-state index in [2.05, 4.69) is 9.97 Å². The van der Waals surface area contributed by atoms with Crippen LogP contribution in [0.25, 0.3) is 43.4 Å². The van der Waals surface area contributed by atoms with Gasteiger partial charge in [0.05, 0.1) is 17.7 Å². The molecule has 0 aliphatic rings. The van der Waals surface area contributed by atoms with E-state index in [0.717, 1.165) is 0 Å². The molecule has 0 aliphatic heterocycles. The first-order valence-electron chi connectivity index (χ1n) is 10.8. The van der Waals surface area contributed by atoms with Crippen LogP contribution in [-0.4, -0.2) is 16.6 Å². The molecule has 0 radical (unpaired) electrons. The summed E-state index contributed by atoms with van der Waals surface area (Å²) in [5.41, 5.74) is 0.993. The van der Waals surface area contributed by atoms with Crippen molar-refractivity contribution in [1.82, 2.24) is 9.97 Å². The Morgan fingerprint density at radius 1 is 0.600 bits per heavy atom. The maximum absolute atomic E-state index is 13.9. The molecule has 0 saturated carbocycles. The van der Waals surface area contributed by atoms with Gasteiger partial charge in [-0.25, -0.2) is 23.3 Å². The maximum Gasteiger partial charge on any atom is 0.430 e. The van der Waals surface area contributed by atoms with Gasteiger partial charge in [0.2, 0.25) is 11.8 Å². The molecule has 0 amide bonds. The predicted octanol–water partition coefficient (Wildman–Crippen LogP) is 7.65.